The summed E-state index contributed by atoms with van der Waals surface area (Å²) in [7, 11) is 3.17. The Morgan fingerprint density at radius 1 is 1.15 bits per heavy atom. The minimum absolute atomic E-state index is 0.117. The monoisotopic (exact) mass is 495 g/mol. The molecule has 0 radical (unpaired) electrons. The summed E-state index contributed by atoms with van der Waals surface area (Å²) in [6, 6.07) is 9.93. The number of carbonyl (C=O) groups excluding carboxylic acids is 2. The molecule has 34 heavy (non-hydrogen) atoms. The Balaban J connectivity index is 1.63. The third-order valence-corrected chi connectivity index (χ3v) is 7.09. The number of aromatic hydroxyl groups is 1. The highest BCUT2D eigenvalue weighted by atomic mass is 32.2. The van der Waals surface area contributed by atoms with E-state index in [-0.39, 0.29) is 17.3 Å². The van der Waals surface area contributed by atoms with Gasteiger partial charge in [-0.2, -0.15) is 0 Å². The van der Waals surface area contributed by atoms with Gasteiger partial charge in [0.15, 0.2) is 11.5 Å². The van der Waals surface area contributed by atoms with E-state index in [2.05, 4.69) is 15.3 Å². The normalized spacial score (nSPS) is 11.7. The number of carbonyl (C=O) groups is 2. The molecule has 4 rings (SSSR count). The number of phenolic OH excluding ortho intramolecular Hbond substituents is 1. The third-order valence-electron chi connectivity index (χ3n) is 5.10. The van der Waals surface area contributed by atoms with E-state index in [9.17, 15) is 14.7 Å². The van der Waals surface area contributed by atoms with Crippen LogP contribution in [0.4, 0.5) is 5.69 Å². The quantitative estimate of drug-likeness (QED) is 0.152. The number of amides is 1. The number of anilines is 1. The predicted molar refractivity (Wildman–Crippen MR) is 133 cm³/mol. The second-order valence-corrected chi connectivity index (χ2v) is 9.41. The molecule has 0 aliphatic heterocycles. The lowest BCUT2D eigenvalue weighted by molar-refractivity contribution is -0.115. The van der Waals surface area contributed by atoms with Crippen LogP contribution >= 0.6 is 23.1 Å². The van der Waals surface area contributed by atoms with E-state index in [4.69, 9.17) is 9.47 Å². The first-order valence-corrected chi connectivity index (χ1v) is 11.9. The van der Waals surface area contributed by atoms with Crippen LogP contribution in [-0.2, 0) is 4.79 Å². The van der Waals surface area contributed by atoms with Gasteiger partial charge >= 0.3 is 0 Å². The number of thiophene rings is 1. The number of aldehydes is 1. The summed E-state index contributed by atoms with van der Waals surface area (Å²) in [5.74, 6) is 0.784. The molecule has 2 aromatic carbocycles. The van der Waals surface area contributed by atoms with E-state index >= 15 is 0 Å². The zero-order valence-corrected chi connectivity index (χ0v) is 20.2. The van der Waals surface area contributed by atoms with E-state index in [0.717, 1.165) is 21.3 Å². The van der Waals surface area contributed by atoms with E-state index in [0.29, 0.717) is 28.4 Å². The van der Waals surface area contributed by atoms with Gasteiger partial charge in [-0.05, 0) is 42.8 Å². The number of aromatic nitrogens is 2. The molecule has 1 amide bonds. The maximum Gasteiger partial charge on any atom is 0.237 e. The fourth-order valence-corrected chi connectivity index (χ4v) is 5.25. The Bertz CT molecular complexity index is 1370. The van der Waals surface area contributed by atoms with Crippen LogP contribution < -0.4 is 14.8 Å². The molecule has 0 spiro atoms. The Labute approximate surface area is 204 Å². The van der Waals surface area contributed by atoms with E-state index in [1.54, 1.807) is 21.1 Å². The van der Waals surface area contributed by atoms with Crippen molar-refractivity contribution in [2.75, 3.05) is 19.5 Å². The molecular formula is C24H21N3O5S2. The number of ether oxygens (including phenoxy) is 2. The van der Waals surface area contributed by atoms with Gasteiger partial charge in [0.2, 0.25) is 5.91 Å². The van der Waals surface area contributed by atoms with Gasteiger partial charge in [-0.25, -0.2) is 9.97 Å². The molecule has 1 atom stereocenters. The van der Waals surface area contributed by atoms with Gasteiger partial charge in [0, 0.05) is 16.5 Å². The van der Waals surface area contributed by atoms with Crippen molar-refractivity contribution in [1.82, 2.24) is 9.97 Å². The molecule has 174 valence electrons. The van der Waals surface area contributed by atoms with Gasteiger partial charge < -0.3 is 19.9 Å². The molecular weight excluding hydrogens is 474 g/mol. The van der Waals surface area contributed by atoms with Crippen LogP contribution in [0.25, 0.3) is 21.3 Å². The van der Waals surface area contributed by atoms with E-state index in [1.807, 2.05) is 23.6 Å². The highest BCUT2D eigenvalue weighted by Gasteiger charge is 2.21. The van der Waals surface area contributed by atoms with Crippen LogP contribution in [0.3, 0.4) is 0 Å². The number of rotatable bonds is 8. The van der Waals surface area contributed by atoms with Crippen molar-refractivity contribution in [3.05, 3.63) is 53.7 Å². The predicted octanol–water partition coefficient (Wildman–Crippen LogP) is 5.01. The first kappa shape index (κ1) is 23.5. The van der Waals surface area contributed by atoms with Gasteiger partial charge in [-0.3, -0.25) is 9.59 Å². The molecule has 4 aromatic rings. The molecule has 2 aromatic heterocycles. The Morgan fingerprint density at radius 3 is 2.68 bits per heavy atom. The summed E-state index contributed by atoms with van der Waals surface area (Å²) in [6.45, 7) is 1.75. The summed E-state index contributed by atoms with van der Waals surface area (Å²) >= 11 is 2.77. The van der Waals surface area contributed by atoms with Gasteiger partial charge in [-0.15, -0.1) is 11.3 Å². The minimum atomic E-state index is -0.546. The van der Waals surface area contributed by atoms with Gasteiger partial charge in [0.25, 0.3) is 0 Å². The Hall–Kier alpha value is -3.63. The van der Waals surface area contributed by atoms with Crippen molar-refractivity contribution in [3.63, 3.8) is 0 Å². The summed E-state index contributed by atoms with van der Waals surface area (Å²) in [5.41, 5.74) is 2.36. The lowest BCUT2D eigenvalue weighted by atomic mass is 10.1. The van der Waals surface area contributed by atoms with E-state index < -0.39 is 5.25 Å². The summed E-state index contributed by atoms with van der Waals surface area (Å²) in [6.07, 6.45) is 2.13. The molecule has 1 unspecified atom stereocenters. The number of phenols is 1. The Kier molecular flexibility index (Phi) is 6.99. The maximum absolute atomic E-state index is 12.8. The molecule has 0 bridgehead atoms. The second-order valence-electron chi connectivity index (χ2n) is 7.22. The van der Waals surface area contributed by atoms with Gasteiger partial charge in [-0.1, -0.05) is 17.8 Å². The number of nitrogens with one attached hydrogen (secondary N) is 1. The fraction of sp³-hybridized carbons (Fsp3) is 0.167. The topological polar surface area (TPSA) is 111 Å². The van der Waals surface area contributed by atoms with E-state index in [1.165, 1.54) is 47.6 Å². The first-order valence-electron chi connectivity index (χ1n) is 10.2. The van der Waals surface area contributed by atoms with Crippen LogP contribution in [0.2, 0.25) is 0 Å². The molecule has 0 saturated carbocycles. The first-order chi connectivity index (χ1) is 16.4. The van der Waals surface area contributed by atoms with Crippen molar-refractivity contribution in [3.8, 4) is 28.4 Å². The van der Waals surface area contributed by atoms with Gasteiger partial charge in [0.1, 0.15) is 28.2 Å². The number of methoxy groups -OCH3 is 2. The molecule has 2 heterocycles. The molecule has 0 fully saturated rings. The second kappa shape index (κ2) is 10.1. The van der Waals surface area contributed by atoms with Crippen molar-refractivity contribution in [1.29, 1.82) is 0 Å². The lowest BCUT2D eigenvalue weighted by Gasteiger charge is -2.14. The average Bonchev–Trinajstić information content (AvgIpc) is 3.30. The highest BCUT2D eigenvalue weighted by molar-refractivity contribution is 8.00. The van der Waals surface area contributed by atoms with Gasteiger partial charge in [0.05, 0.1) is 30.5 Å². The number of thioether (sulfide) groups is 1. The zero-order valence-electron chi connectivity index (χ0n) is 18.6. The van der Waals surface area contributed by atoms with Crippen LogP contribution in [0.15, 0.2) is 53.1 Å². The molecule has 0 aliphatic carbocycles. The van der Waals surface area contributed by atoms with Crippen molar-refractivity contribution in [2.24, 2.45) is 0 Å². The third kappa shape index (κ3) is 4.68. The average molecular weight is 496 g/mol. The number of benzene rings is 2. The summed E-state index contributed by atoms with van der Waals surface area (Å²) in [4.78, 5) is 33.5. The Morgan fingerprint density at radius 2 is 1.94 bits per heavy atom. The standard InChI is InChI=1S/C24H21N3O5S2/c1-13(22(30)27-17-8-14(10-28)4-6-18(17)29)34-24-21-16(11-33-23(21)25-12-26-24)15-5-7-19(31-2)20(9-15)32-3/h4-13,29H,1-3H3,(H,27,30). The summed E-state index contributed by atoms with van der Waals surface area (Å²) < 4.78 is 10.8. The zero-order chi connectivity index (χ0) is 24.2. The molecule has 8 nitrogen and oxygen atoms in total. The van der Waals surface area contributed by atoms with Crippen molar-refractivity contribution >= 4 is 51.2 Å². The summed E-state index contributed by atoms with van der Waals surface area (Å²) in [5, 5.41) is 15.7. The SMILES string of the molecule is COc1ccc(-c2csc3ncnc(SC(C)C(=O)Nc4cc(C=O)ccc4O)c23)cc1OC. The minimum Gasteiger partial charge on any atom is -0.506 e. The molecule has 0 saturated heterocycles. The van der Waals surface area contributed by atoms with Crippen molar-refractivity contribution in [2.45, 2.75) is 17.2 Å². The largest absolute Gasteiger partial charge is 0.506 e. The highest BCUT2D eigenvalue weighted by Crippen LogP contribution is 2.41. The number of fused-ring (bicyclic) bond motifs is 1. The van der Waals surface area contributed by atoms with Crippen LogP contribution in [0.1, 0.15) is 17.3 Å². The van der Waals surface area contributed by atoms with Crippen molar-refractivity contribution < 1.29 is 24.2 Å². The molecule has 10 heteroatoms. The number of nitrogens with zero attached hydrogens (tertiary/aromatic N) is 2. The number of hydrogen-bond acceptors (Lipinski definition) is 9. The molecule has 0 aliphatic rings. The van der Waals surface area contributed by atoms with Crippen LogP contribution in [-0.4, -0.2) is 46.7 Å². The molecule has 2 N–H and O–H groups in total. The maximum atomic E-state index is 12.8. The van der Waals surface area contributed by atoms with Crippen LogP contribution in [0.5, 0.6) is 17.2 Å². The lowest BCUT2D eigenvalue weighted by Crippen LogP contribution is -2.22. The fourth-order valence-electron chi connectivity index (χ4n) is 3.34. The number of hydrogen-bond donors (Lipinski definition) is 2. The smallest absolute Gasteiger partial charge is 0.237 e. The van der Waals surface area contributed by atoms with Crippen LogP contribution in [0, 0.1) is 0 Å².